The molecule has 0 atom stereocenters. The summed E-state index contributed by atoms with van der Waals surface area (Å²) in [5.41, 5.74) is 4.18. The lowest BCUT2D eigenvalue weighted by atomic mass is 10.1. The number of phenolic OH excluding ortho intramolecular Hbond substituents is 1. The maximum Gasteiger partial charge on any atom is 0.271 e. The van der Waals surface area contributed by atoms with Gasteiger partial charge in [-0.1, -0.05) is 29.8 Å². The number of benzene rings is 2. The molecule has 2 rings (SSSR count). The summed E-state index contributed by atoms with van der Waals surface area (Å²) in [6, 6.07) is 9.86. The Kier molecular flexibility index (Phi) is 5.64. The SMILES string of the molecule is Cc1ccc(CC(=O)N/N=C/c2cc([N+](=O)[O-])cc(Br)c2O)cc1. The first-order chi connectivity index (χ1) is 11.4. The maximum absolute atomic E-state index is 11.8. The van der Waals surface area contributed by atoms with Gasteiger partial charge >= 0.3 is 0 Å². The zero-order valence-electron chi connectivity index (χ0n) is 12.7. The van der Waals surface area contributed by atoms with E-state index in [0.29, 0.717) is 0 Å². The molecule has 0 radical (unpaired) electrons. The number of hydrogen-bond donors (Lipinski definition) is 2. The van der Waals surface area contributed by atoms with Gasteiger partial charge in [-0.25, -0.2) is 5.43 Å². The van der Waals surface area contributed by atoms with Crippen LogP contribution in [-0.2, 0) is 11.2 Å². The zero-order chi connectivity index (χ0) is 17.7. The molecule has 0 aliphatic heterocycles. The van der Waals surface area contributed by atoms with Crippen molar-refractivity contribution in [2.75, 3.05) is 0 Å². The second-order valence-electron chi connectivity index (χ2n) is 5.08. The smallest absolute Gasteiger partial charge is 0.271 e. The Hall–Kier alpha value is -2.74. The van der Waals surface area contributed by atoms with Crippen LogP contribution in [0.25, 0.3) is 0 Å². The lowest BCUT2D eigenvalue weighted by molar-refractivity contribution is -0.385. The van der Waals surface area contributed by atoms with E-state index in [1.165, 1.54) is 6.07 Å². The number of aromatic hydroxyl groups is 1. The van der Waals surface area contributed by atoms with Crippen LogP contribution in [0, 0.1) is 17.0 Å². The van der Waals surface area contributed by atoms with Crippen LogP contribution < -0.4 is 5.43 Å². The molecule has 2 N–H and O–H groups in total. The topological polar surface area (TPSA) is 105 Å². The van der Waals surface area contributed by atoms with E-state index >= 15 is 0 Å². The second kappa shape index (κ2) is 7.69. The number of nitrogens with zero attached hydrogens (tertiary/aromatic N) is 2. The average Bonchev–Trinajstić information content (AvgIpc) is 2.53. The van der Waals surface area contributed by atoms with Crippen LogP contribution in [0.1, 0.15) is 16.7 Å². The predicted molar refractivity (Wildman–Crippen MR) is 93.1 cm³/mol. The standard InChI is InChI=1S/C16H14BrN3O4/c1-10-2-4-11(5-3-10)6-15(21)19-18-9-12-7-13(20(23)24)8-14(17)16(12)22/h2-5,7-9,22H,6H2,1H3,(H,19,21)/b18-9+. The van der Waals surface area contributed by atoms with Crippen LogP contribution >= 0.6 is 15.9 Å². The molecule has 1 amide bonds. The lowest BCUT2D eigenvalue weighted by Crippen LogP contribution is -2.19. The molecule has 24 heavy (non-hydrogen) atoms. The molecule has 124 valence electrons. The predicted octanol–water partition coefficient (Wildman–Crippen LogP) is 3.06. The van der Waals surface area contributed by atoms with Gasteiger partial charge in [0, 0.05) is 17.7 Å². The van der Waals surface area contributed by atoms with Gasteiger partial charge in [0.15, 0.2) is 0 Å². The minimum atomic E-state index is -0.586. The van der Waals surface area contributed by atoms with Crippen LogP contribution in [0.5, 0.6) is 5.75 Å². The molecule has 0 aromatic heterocycles. The Balaban J connectivity index is 2.04. The molecule has 0 heterocycles. The van der Waals surface area contributed by atoms with Gasteiger partial charge < -0.3 is 5.11 Å². The fourth-order valence-corrected chi connectivity index (χ4v) is 2.38. The van der Waals surface area contributed by atoms with E-state index in [-0.39, 0.29) is 33.8 Å². The number of non-ortho nitro benzene ring substituents is 1. The quantitative estimate of drug-likeness (QED) is 0.464. The summed E-state index contributed by atoms with van der Waals surface area (Å²) in [7, 11) is 0. The lowest BCUT2D eigenvalue weighted by Gasteiger charge is -2.03. The van der Waals surface area contributed by atoms with E-state index in [2.05, 4.69) is 26.5 Å². The molecule has 0 unspecified atom stereocenters. The number of nitro benzene ring substituents is 1. The second-order valence-corrected chi connectivity index (χ2v) is 5.93. The van der Waals surface area contributed by atoms with Crippen molar-refractivity contribution in [2.24, 2.45) is 5.10 Å². The van der Waals surface area contributed by atoms with E-state index in [4.69, 9.17) is 0 Å². The van der Waals surface area contributed by atoms with E-state index in [9.17, 15) is 20.0 Å². The zero-order valence-corrected chi connectivity index (χ0v) is 14.3. The highest BCUT2D eigenvalue weighted by Gasteiger charge is 2.13. The number of hydrazone groups is 1. The number of halogens is 1. The van der Waals surface area contributed by atoms with Crippen molar-refractivity contribution in [1.29, 1.82) is 0 Å². The fourth-order valence-electron chi connectivity index (χ4n) is 1.91. The van der Waals surface area contributed by atoms with Gasteiger partial charge in [0.25, 0.3) is 5.69 Å². The summed E-state index contributed by atoms with van der Waals surface area (Å²) in [6.45, 7) is 1.96. The van der Waals surface area contributed by atoms with E-state index < -0.39 is 4.92 Å². The Bertz CT molecular complexity index is 804. The summed E-state index contributed by atoms with van der Waals surface area (Å²) >= 11 is 3.03. The summed E-state index contributed by atoms with van der Waals surface area (Å²) < 4.78 is 0.170. The summed E-state index contributed by atoms with van der Waals surface area (Å²) in [4.78, 5) is 22.0. The van der Waals surface area contributed by atoms with Crippen LogP contribution in [-0.4, -0.2) is 22.2 Å². The van der Waals surface area contributed by atoms with Crippen molar-refractivity contribution in [2.45, 2.75) is 13.3 Å². The number of carbonyl (C=O) groups is 1. The number of rotatable bonds is 5. The van der Waals surface area contributed by atoms with Crippen LogP contribution in [0.2, 0.25) is 0 Å². The minimum absolute atomic E-state index is 0.117. The summed E-state index contributed by atoms with van der Waals surface area (Å²) in [5.74, 6) is -0.531. The van der Waals surface area contributed by atoms with Crippen molar-refractivity contribution < 1.29 is 14.8 Å². The molecule has 0 saturated heterocycles. The van der Waals surface area contributed by atoms with Crippen molar-refractivity contribution in [3.63, 3.8) is 0 Å². The summed E-state index contributed by atoms with van der Waals surface area (Å²) in [5, 5.41) is 24.4. The Morgan fingerprint density at radius 2 is 2.04 bits per heavy atom. The van der Waals surface area contributed by atoms with Crippen molar-refractivity contribution in [3.05, 3.63) is 67.7 Å². The van der Waals surface area contributed by atoms with Crippen molar-refractivity contribution in [1.82, 2.24) is 5.43 Å². The molecule has 0 bridgehead atoms. The highest BCUT2D eigenvalue weighted by Crippen LogP contribution is 2.31. The number of carbonyl (C=O) groups excluding carboxylic acids is 1. The minimum Gasteiger partial charge on any atom is -0.506 e. The molecular weight excluding hydrogens is 378 g/mol. The largest absolute Gasteiger partial charge is 0.506 e. The molecule has 0 aliphatic rings. The van der Waals surface area contributed by atoms with Crippen molar-refractivity contribution in [3.8, 4) is 5.75 Å². The van der Waals surface area contributed by atoms with Gasteiger partial charge in [-0.05, 0) is 28.4 Å². The Morgan fingerprint density at radius 1 is 1.38 bits per heavy atom. The number of hydrogen-bond acceptors (Lipinski definition) is 5. The van der Waals surface area contributed by atoms with Gasteiger partial charge in [0.2, 0.25) is 5.91 Å². The van der Waals surface area contributed by atoms with Gasteiger partial charge in [0.05, 0.1) is 22.0 Å². The molecule has 0 aliphatic carbocycles. The number of amides is 1. The monoisotopic (exact) mass is 391 g/mol. The van der Waals surface area contributed by atoms with Gasteiger partial charge in [-0.15, -0.1) is 0 Å². The molecule has 0 fully saturated rings. The highest BCUT2D eigenvalue weighted by molar-refractivity contribution is 9.10. The Labute approximate surface area is 146 Å². The van der Waals surface area contributed by atoms with E-state index in [1.807, 2.05) is 31.2 Å². The number of aryl methyl sites for hydroxylation is 1. The third-order valence-electron chi connectivity index (χ3n) is 3.17. The molecular formula is C16H14BrN3O4. The van der Waals surface area contributed by atoms with E-state index in [1.54, 1.807) is 0 Å². The average molecular weight is 392 g/mol. The van der Waals surface area contributed by atoms with Crippen LogP contribution in [0.3, 0.4) is 0 Å². The molecule has 8 heteroatoms. The molecule has 7 nitrogen and oxygen atoms in total. The molecule has 0 spiro atoms. The van der Waals surface area contributed by atoms with Crippen LogP contribution in [0.15, 0.2) is 46.0 Å². The van der Waals surface area contributed by atoms with E-state index in [0.717, 1.165) is 23.4 Å². The Morgan fingerprint density at radius 3 is 2.67 bits per heavy atom. The molecule has 2 aromatic rings. The third-order valence-corrected chi connectivity index (χ3v) is 3.77. The first-order valence-electron chi connectivity index (χ1n) is 6.91. The van der Waals surface area contributed by atoms with Crippen molar-refractivity contribution >= 4 is 33.7 Å². The first-order valence-corrected chi connectivity index (χ1v) is 7.70. The fraction of sp³-hybridized carbons (Fsp3) is 0.125. The summed E-state index contributed by atoms with van der Waals surface area (Å²) in [6.07, 6.45) is 1.31. The van der Waals surface area contributed by atoms with Gasteiger partial charge in [-0.2, -0.15) is 5.10 Å². The number of nitro groups is 1. The highest BCUT2D eigenvalue weighted by atomic mass is 79.9. The number of phenols is 1. The normalized spacial score (nSPS) is 10.8. The third kappa shape index (κ3) is 4.63. The van der Waals surface area contributed by atoms with Gasteiger partial charge in [-0.3, -0.25) is 14.9 Å². The number of nitrogens with one attached hydrogen (secondary N) is 1. The molecule has 2 aromatic carbocycles. The van der Waals surface area contributed by atoms with Crippen LogP contribution in [0.4, 0.5) is 5.69 Å². The molecule has 0 saturated carbocycles. The van der Waals surface area contributed by atoms with Gasteiger partial charge in [0.1, 0.15) is 5.75 Å². The first kappa shape index (κ1) is 17.6. The maximum atomic E-state index is 11.8.